The molecular formula is C27H24N4O3. The Kier molecular flexibility index (Phi) is 4.71. The number of nitrogens with zero attached hydrogens (tertiary/aromatic N) is 3. The highest BCUT2D eigenvalue weighted by Crippen LogP contribution is 2.51. The summed E-state index contributed by atoms with van der Waals surface area (Å²) in [5.74, 6) is 2.11. The van der Waals surface area contributed by atoms with Crippen molar-refractivity contribution in [2.75, 3.05) is 13.7 Å². The monoisotopic (exact) mass is 452 g/mol. The lowest BCUT2D eigenvalue weighted by molar-refractivity contribution is -0.192. The number of nitriles is 1. The van der Waals surface area contributed by atoms with Gasteiger partial charge in [-0.25, -0.2) is 14.9 Å². The molecule has 3 aliphatic heterocycles. The van der Waals surface area contributed by atoms with Gasteiger partial charge in [-0.05, 0) is 47.9 Å². The normalized spacial score (nSPS) is 24.9. The quantitative estimate of drug-likeness (QED) is 0.624. The van der Waals surface area contributed by atoms with E-state index in [0.29, 0.717) is 24.6 Å². The van der Waals surface area contributed by atoms with Crippen LogP contribution in [0.1, 0.15) is 35.4 Å². The Morgan fingerprint density at radius 1 is 1.06 bits per heavy atom. The van der Waals surface area contributed by atoms with Crippen molar-refractivity contribution in [2.45, 2.75) is 30.6 Å². The van der Waals surface area contributed by atoms with Crippen LogP contribution in [0, 0.1) is 11.3 Å². The Balaban J connectivity index is 1.44. The minimum absolute atomic E-state index is 0.146. The maximum atomic E-state index is 9.31. The fourth-order valence-corrected chi connectivity index (χ4v) is 5.19. The molecule has 34 heavy (non-hydrogen) atoms. The van der Waals surface area contributed by atoms with Crippen molar-refractivity contribution in [2.24, 2.45) is 10.7 Å². The SMILES string of the molecule is CN1O[C@@]2(C[C@@H](C3CCOc4ccccc43)Oc3ccc(-c4cccc(C#N)c4)cc32)N=C1N. The second-order valence-electron chi connectivity index (χ2n) is 8.89. The van der Waals surface area contributed by atoms with Gasteiger partial charge in [-0.3, -0.25) is 0 Å². The molecule has 3 aromatic rings. The third kappa shape index (κ3) is 3.27. The van der Waals surface area contributed by atoms with E-state index in [9.17, 15) is 5.26 Å². The molecule has 0 bridgehead atoms. The lowest BCUT2D eigenvalue weighted by Gasteiger charge is -2.41. The molecule has 0 aliphatic carbocycles. The third-order valence-electron chi connectivity index (χ3n) is 6.84. The number of hydrogen-bond acceptors (Lipinski definition) is 7. The number of nitrogens with two attached hydrogens (primary N) is 1. The first-order valence-corrected chi connectivity index (χ1v) is 11.4. The van der Waals surface area contributed by atoms with E-state index in [4.69, 9.17) is 25.0 Å². The summed E-state index contributed by atoms with van der Waals surface area (Å²) in [6.07, 6.45) is 1.21. The maximum Gasteiger partial charge on any atom is 0.221 e. The zero-order valence-corrected chi connectivity index (χ0v) is 18.8. The highest BCUT2D eigenvalue weighted by atomic mass is 16.7. The molecule has 0 saturated carbocycles. The van der Waals surface area contributed by atoms with E-state index in [0.717, 1.165) is 40.2 Å². The first kappa shape index (κ1) is 20.6. The lowest BCUT2D eigenvalue weighted by Crippen LogP contribution is -2.42. The van der Waals surface area contributed by atoms with Gasteiger partial charge in [-0.15, -0.1) is 0 Å². The van der Waals surface area contributed by atoms with Crippen LogP contribution < -0.4 is 15.2 Å². The van der Waals surface area contributed by atoms with Gasteiger partial charge < -0.3 is 15.2 Å². The van der Waals surface area contributed by atoms with Crippen LogP contribution in [0.4, 0.5) is 0 Å². The summed E-state index contributed by atoms with van der Waals surface area (Å²) in [6.45, 7) is 0.641. The molecule has 3 heterocycles. The number of ether oxygens (including phenoxy) is 2. The van der Waals surface area contributed by atoms with Gasteiger partial charge in [0.05, 0.1) is 23.8 Å². The van der Waals surface area contributed by atoms with Gasteiger partial charge >= 0.3 is 0 Å². The summed E-state index contributed by atoms with van der Waals surface area (Å²) in [7, 11) is 1.77. The molecule has 0 aromatic heterocycles. The Morgan fingerprint density at radius 2 is 1.91 bits per heavy atom. The largest absolute Gasteiger partial charge is 0.493 e. The fourth-order valence-electron chi connectivity index (χ4n) is 5.19. The zero-order valence-electron chi connectivity index (χ0n) is 18.8. The summed E-state index contributed by atoms with van der Waals surface area (Å²) < 4.78 is 12.5. The van der Waals surface area contributed by atoms with E-state index < -0.39 is 5.72 Å². The number of hydroxylamine groups is 2. The van der Waals surface area contributed by atoms with Crippen LogP contribution >= 0.6 is 0 Å². The van der Waals surface area contributed by atoms with Crippen molar-refractivity contribution in [1.82, 2.24) is 5.06 Å². The summed E-state index contributed by atoms with van der Waals surface area (Å²) in [4.78, 5) is 11.1. The van der Waals surface area contributed by atoms with Gasteiger partial charge in [0.15, 0.2) is 0 Å². The summed E-state index contributed by atoms with van der Waals surface area (Å²) in [5.41, 5.74) is 9.69. The standard InChI is InChI=1S/C27H24N4O3/c1-31-26(29)30-27(34-31)15-25(21-11-12-32-23-8-3-2-7-20(21)23)33-24-10-9-19(14-22(24)27)18-6-4-5-17(13-18)16-28/h2-10,13-14,21,25H,11-12,15H2,1H3,(H2,29,30)/t21?,25-,27+/m0/s1. The number of guanidine groups is 1. The molecule has 3 aliphatic rings. The Bertz CT molecular complexity index is 1350. The Morgan fingerprint density at radius 3 is 2.74 bits per heavy atom. The summed E-state index contributed by atoms with van der Waals surface area (Å²) in [5, 5.41) is 10.8. The van der Waals surface area contributed by atoms with E-state index in [-0.39, 0.29) is 12.0 Å². The Labute approximate surface area is 197 Å². The number of aliphatic imine (C=N–C) groups is 1. The molecule has 0 amide bonds. The molecule has 0 radical (unpaired) electrons. The van der Waals surface area contributed by atoms with Gasteiger partial charge in [0.25, 0.3) is 0 Å². The fraction of sp³-hybridized carbons (Fsp3) is 0.259. The molecule has 6 rings (SSSR count). The van der Waals surface area contributed by atoms with Crippen molar-refractivity contribution in [1.29, 1.82) is 5.26 Å². The highest BCUT2D eigenvalue weighted by Gasteiger charge is 2.51. The number of fused-ring (bicyclic) bond motifs is 3. The highest BCUT2D eigenvalue weighted by molar-refractivity contribution is 5.79. The molecule has 1 unspecified atom stereocenters. The van der Waals surface area contributed by atoms with Gasteiger partial charge in [-0.2, -0.15) is 5.26 Å². The molecule has 1 spiro atoms. The van der Waals surface area contributed by atoms with Crippen molar-refractivity contribution in [3.05, 3.63) is 83.4 Å². The second-order valence-corrected chi connectivity index (χ2v) is 8.89. The van der Waals surface area contributed by atoms with Crippen LogP contribution in [0.3, 0.4) is 0 Å². The molecule has 170 valence electrons. The van der Waals surface area contributed by atoms with Crippen LogP contribution in [-0.2, 0) is 10.6 Å². The molecule has 2 N–H and O–H groups in total. The van der Waals surface area contributed by atoms with Crippen molar-refractivity contribution in [3.8, 4) is 28.7 Å². The summed E-state index contributed by atoms with van der Waals surface area (Å²) >= 11 is 0. The minimum Gasteiger partial charge on any atom is -0.493 e. The first-order chi connectivity index (χ1) is 16.6. The third-order valence-corrected chi connectivity index (χ3v) is 6.84. The number of hydrogen-bond donors (Lipinski definition) is 1. The molecule has 7 nitrogen and oxygen atoms in total. The van der Waals surface area contributed by atoms with Gasteiger partial charge in [-0.1, -0.05) is 36.4 Å². The second kappa shape index (κ2) is 7.79. The van der Waals surface area contributed by atoms with Crippen LogP contribution in [0.15, 0.2) is 71.7 Å². The van der Waals surface area contributed by atoms with E-state index in [1.165, 1.54) is 5.06 Å². The van der Waals surface area contributed by atoms with Crippen molar-refractivity contribution >= 4 is 5.96 Å². The molecule has 3 aromatic carbocycles. The Hall–Kier alpha value is -4.02. The predicted molar refractivity (Wildman–Crippen MR) is 127 cm³/mol. The van der Waals surface area contributed by atoms with Crippen LogP contribution in [-0.4, -0.2) is 30.8 Å². The zero-order chi connectivity index (χ0) is 23.3. The average molecular weight is 453 g/mol. The van der Waals surface area contributed by atoms with Crippen molar-refractivity contribution < 1.29 is 14.3 Å². The van der Waals surface area contributed by atoms with Crippen molar-refractivity contribution in [3.63, 3.8) is 0 Å². The van der Waals surface area contributed by atoms with Gasteiger partial charge in [0.2, 0.25) is 11.7 Å². The number of benzene rings is 3. The maximum absolute atomic E-state index is 9.31. The number of rotatable bonds is 2. The van der Waals surface area contributed by atoms with Crippen LogP contribution in [0.5, 0.6) is 11.5 Å². The molecule has 7 heteroatoms. The van der Waals surface area contributed by atoms with Gasteiger partial charge in [0, 0.05) is 24.9 Å². The smallest absolute Gasteiger partial charge is 0.221 e. The number of para-hydroxylation sites is 1. The first-order valence-electron chi connectivity index (χ1n) is 11.4. The average Bonchev–Trinajstić information content (AvgIpc) is 3.16. The molecule has 0 fully saturated rings. The van der Waals surface area contributed by atoms with E-state index in [1.807, 2.05) is 54.6 Å². The lowest BCUT2D eigenvalue weighted by atomic mass is 9.81. The minimum atomic E-state index is -0.979. The van der Waals surface area contributed by atoms with E-state index >= 15 is 0 Å². The van der Waals surface area contributed by atoms with E-state index in [2.05, 4.69) is 12.1 Å². The predicted octanol–water partition coefficient (Wildman–Crippen LogP) is 4.29. The van der Waals surface area contributed by atoms with Crippen LogP contribution in [0.25, 0.3) is 11.1 Å². The van der Waals surface area contributed by atoms with Crippen LogP contribution in [0.2, 0.25) is 0 Å². The molecular weight excluding hydrogens is 428 g/mol. The molecule has 3 atom stereocenters. The van der Waals surface area contributed by atoms with Gasteiger partial charge in [0.1, 0.15) is 17.6 Å². The molecule has 0 saturated heterocycles. The van der Waals surface area contributed by atoms with E-state index in [1.54, 1.807) is 13.1 Å². The summed E-state index contributed by atoms with van der Waals surface area (Å²) in [6, 6.07) is 23.9. The topological polar surface area (TPSA) is 93.1 Å².